The van der Waals surface area contributed by atoms with Crippen LogP contribution in [0, 0.1) is 11.6 Å². The van der Waals surface area contributed by atoms with Gasteiger partial charge >= 0.3 is 0 Å². The molecule has 3 aromatic carbocycles. The SMILES string of the molecule is CCOc1ccc(C(=O)N2CCN(c3ccccc3F)CC2)cc1CN(c1ccc(F)cc1)S(C)(=O)=O. The summed E-state index contributed by atoms with van der Waals surface area (Å²) >= 11 is 0. The van der Waals surface area contributed by atoms with Crippen molar-refractivity contribution >= 4 is 27.3 Å². The van der Waals surface area contributed by atoms with Gasteiger partial charge < -0.3 is 14.5 Å². The van der Waals surface area contributed by atoms with Gasteiger partial charge in [0.1, 0.15) is 17.4 Å². The minimum Gasteiger partial charge on any atom is -0.494 e. The summed E-state index contributed by atoms with van der Waals surface area (Å²) in [7, 11) is -3.73. The third-order valence-electron chi connectivity index (χ3n) is 6.20. The van der Waals surface area contributed by atoms with E-state index in [4.69, 9.17) is 4.74 Å². The van der Waals surface area contributed by atoms with Gasteiger partial charge in [-0.3, -0.25) is 9.10 Å². The van der Waals surface area contributed by atoms with Gasteiger partial charge in [-0.05, 0) is 61.5 Å². The summed E-state index contributed by atoms with van der Waals surface area (Å²) in [5, 5.41) is 0. The van der Waals surface area contributed by atoms with E-state index in [1.807, 2.05) is 11.8 Å². The van der Waals surface area contributed by atoms with Gasteiger partial charge in [-0.15, -0.1) is 0 Å². The van der Waals surface area contributed by atoms with Gasteiger partial charge in [0.15, 0.2) is 0 Å². The maximum Gasteiger partial charge on any atom is 0.253 e. The van der Waals surface area contributed by atoms with Crippen LogP contribution < -0.4 is 13.9 Å². The Balaban J connectivity index is 1.56. The number of hydrogen-bond donors (Lipinski definition) is 0. The Kier molecular flexibility index (Phi) is 7.97. The van der Waals surface area contributed by atoms with E-state index in [1.165, 1.54) is 30.3 Å². The van der Waals surface area contributed by atoms with Crippen molar-refractivity contribution in [1.29, 1.82) is 0 Å². The van der Waals surface area contributed by atoms with E-state index in [0.717, 1.165) is 10.6 Å². The average molecular weight is 530 g/mol. The molecule has 0 N–H and O–H groups in total. The first-order chi connectivity index (χ1) is 17.7. The highest BCUT2D eigenvalue weighted by Gasteiger charge is 2.25. The van der Waals surface area contributed by atoms with Crippen molar-refractivity contribution in [3.63, 3.8) is 0 Å². The smallest absolute Gasteiger partial charge is 0.253 e. The molecule has 10 heteroatoms. The van der Waals surface area contributed by atoms with E-state index < -0.39 is 15.8 Å². The molecule has 0 saturated carbocycles. The zero-order valence-corrected chi connectivity index (χ0v) is 21.5. The fourth-order valence-electron chi connectivity index (χ4n) is 4.34. The number of hydrogen-bond acceptors (Lipinski definition) is 5. The molecule has 37 heavy (non-hydrogen) atoms. The fraction of sp³-hybridized carbons (Fsp3) is 0.296. The molecule has 4 rings (SSSR count). The molecule has 1 aliphatic heterocycles. The zero-order chi connectivity index (χ0) is 26.6. The van der Waals surface area contributed by atoms with E-state index >= 15 is 0 Å². The van der Waals surface area contributed by atoms with E-state index in [2.05, 4.69) is 0 Å². The van der Waals surface area contributed by atoms with Crippen molar-refractivity contribution in [2.75, 3.05) is 48.2 Å². The topological polar surface area (TPSA) is 70.2 Å². The maximum absolute atomic E-state index is 14.2. The number of carbonyl (C=O) groups excluding carboxylic acids is 1. The lowest BCUT2D eigenvalue weighted by Gasteiger charge is -2.36. The minimum absolute atomic E-state index is 0.0953. The number of amides is 1. The second-order valence-electron chi connectivity index (χ2n) is 8.73. The normalized spacial score (nSPS) is 13.9. The van der Waals surface area contributed by atoms with Crippen LogP contribution in [0.2, 0.25) is 0 Å². The largest absolute Gasteiger partial charge is 0.494 e. The molecular weight excluding hydrogens is 500 g/mol. The Labute approximate surface area is 215 Å². The summed E-state index contributed by atoms with van der Waals surface area (Å²) < 4.78 is 59.7. The summed E-state index contributed by atoms with van der Waals surface area (Å²) in [6.07, 6.45) is 1.07. The third-order valence-corrected chi connectivity index (χ3v) is 7.34. The molecule has 0 atom stereocenters. The maximum atomic E-state index is 14.2. The molecule has 1 aliphatic rings. The molecule has 0 radical (unpaired) electrons. The van der Waals surface area contributed by atoms with Crippen LogP contribution in [0.5, 0.6) is 5.75 Å². The summed E-state index contributed by atoms with van der Waals surface area (Å²) in [5.41, 5.74) is 1.71. The van der Waals surface area contributed by atoms with E-state index in [-0.39, 0.29) is 18.3 Å². The molecule has 0 bridgehead atoms. The summed E-state index contributed by atoms with van der Waals surface area (Å²) in [5.74, 6) is -0.519. The second kappa shape index (κ2) is 11.2. The Morgan fingerprint density at radius 1 is 0.973 bits per heavy atom. The fourth-order valence-corrected chi connectivity index (χ4v) is 5.21. The second-order valence-corrected chi connectivity index (χ2v) is 10.6. The number of halogens is 2. The predicted octanol–water partition coefficient (Wildman–Crippen LogP) is 4.29. The quantitative estimate of drug-likeness (QED) is 0.436. The van der Waals surface area contributed by atoms with Gasteiger partial charge in [-0.2, -0.15) is 0 Å². The van der Waals surface area contributed by atoms with Gasteiger partial charge in [0.25, 0.3) is 5.91 Å². The first-order valence-corrected chi connectivity index (χ1v) is 13.8. The molecular formula is C27H29F2N3O4S. The van der Waals surface area contributed by atoms with E-state index in [9.17, 15) is 22.0 Å². The van der Waals surface area contributed by atoms with Gasteiger partial charge in [0.2, 0.25) is 10.0 Å². The number of rotatable bonds is 8. The lowest BCUT2D eigenvalue weighted by molar-refractivity contribution is 0.0746. The van der Waals surface area contributed by atoms with Crippen LogP contribution in [0.25, 0.3) is 0 Å². The van der Waals surface area contributed by atoms with Crippen molar-refractivity contribution in [3.05, 3.63) is 89.5 Å². The molecule has 0 spiro atoms. The molecule has 1 amide bonds. The average Bonchev–Trinajstić information content (AvgIpc) is 2.88. The number of sulfonamides is 1. The van der Waals surface area contributed by atoms with Crippen LogP contribution in [-0.4, -0.2) is 58.3 Å². The molecule has 1 saturated heterocycles. The molecule has 1 fully saturated rings. The van der Waals surface area contributed by atoms with Crippen molar-refractivity contribution < 1.29 is 26.7 Å². The molecule has 3 aromatic rings. The van der Waals surface area contributed by atoms with Crippen molar-refractivity contribution in [1.82, 2.24) is 4.90 Å². The predicted molar refractivity (Wildman–Crippen MR) is 140 cm³/mol. The Bertz CT molecular complexity index is 1360. The number of benzene rings is 3. The molecule has 1 heterocycles. The summed E-state index contributed by atoms with van der Waals surface area (Å²) in [6, 6.07) is 16.7. The summed E-state index contributed by atoms with van der Waals surface area (Å²) in [4.78, 5) is 17.0. The highest BCUT2D eigenvalue weighted by molar-refractivity contribution is 7.92. The number of anilines is 2. The van der Waals surface area contributed by atoms with E-state index in [1.54, 1.807) is 41.3 Å². The number of ether oxygens (including phenoxy) is 1. The zero-order valence-electron chi connectivity index (χ0n) is 20.7. The molecule has 7 nitrogen and oxygen atoms in total. The van der Waals surface area contributed by atoms with Gasteiger partial charge in [-0.1, -0.05) is 12.1 Å². The lowest BCUT2D eigenvalue weighted by atomic mass is 10.1. The highest BCUT2D eigenvalue weighted by Crippen LogP contribution is 2.28. The van der Waals surface area contributed by atoms with Crippen molar-refractivity contribution in [2.45, 2.75) is 13.5 Å². The summed E-state index contributed by atoms with van der Waals surface area (Å²) in [6.45, 7) is 3.88. The number of piperazine rings is 1. The highest BCUT2D eigenvalue weighted by atomic mass is 32.2. The molecule has 0 unspecified atom stereocenters. The van der Waals surface area contributed by atoms with Crippen LogP contribution in [0.1, 0.15) is 22.8 Å². The monoisotopic (exact) mass is 529 g/mol. The van der Waals surface area contributed by atoms with Crippen LogP contribution in [-0.2, 0) is 16.6 Å². The first-order valence-electron chi connectivity index (χ1n) is 11.9. The Morgan fingerprint density at radius 3 is 2.27 bits per heavy atom. The standard InChI is InChI=1S/C27H29F2N3O4S/c1-3-36-26-13-8-20(18-21(26)19-32(37(2,34)35)23-11-9-22(28)10-12-23)27(33)31-16-14-30(15-17-31)25-7-5-4-6-24(25)29/h4-13,18H,3,14-17,19H2,1-2H3. The molecule has 0 aromatic heterocycles. The Morgan fingerprint density at radius 2 is 1.65 bits per heavy atom. The van der Waals surface area contributed by atoms with Gasteiger partial charge in [0.05, 0.1) is 30.8 Å². The third kappa shape index (κ3) is 6.19. The lowest BCUT2D eigenvalue weighted by Crippen LogP contribution is -2.49. The van der Waals surface area contributed by atoms with Gasteiger partial charge in [0, 0.05) is 37.3 Å². The van der Waals surface area contributed by atoms with Crippen LogP contribution in [0.4, 0.5) is 20.2 Å². The molecule has 0 aliphatic carbocycles. The van der Waals surface area contributed by atoms with Crippen LogP contribution in [0.3, 0.4) is 0 Å². The number of carbonyl (C=O) groups is 1. The van der Waals surface area contributed by atoms with Crippen molar-refractivity contribution in [2.24, 2.45) is 0 Å². The van der Waals surface area contributed by atoms with Gasteiger partial charge in [-0.25, -0.2) is 17.2 Å². The Hall–Kier alpha value is -3.66. The molecule has 196 valence electrons. The number of nitrogens with zero attached hydrogens (tertiary/aromatic N) is 3. The van der Waals surface area contributed by atoms with Crippen LogP contribution >= 0.6 is 0 Å². The van der Waals surface area contributed by atoms with Crippen molar-refractivity contribution in [3.8, 4) is 5.75 Å². The number of para-hydroxylation sites is 1. The minimum atomic E-state index is -3.73. The van der Waals surface area contributed by atoms with Crippen LogP contribution in [0.15, 0.2) is 66.7 Å². The first kappa shape index (κ1) is 26.4. The van der Waals surface area contributed by atoms with E-state index in [0.29, 0.717) is 61.0 Å².